The van der Waals surface area contributed by atoms with Crippen molar-refractivity contribution in [3.05, 3.63) is 11.6 Å². The lowest BCUT2D eigenvalue weighted by Gasteiger charge is -2.38. The van der Waals surface area contributed by atoms with Gasteiger partial charge in [-0.3, -0.25) is 4.79 Å². The molecule has 8 heteroatoms. The second kappa shape index (κ2) is 7.82. The number of nitrogens with zero attached hydrogens (tertiary/aromatic N) is 4. The molecule has 2 aliphatic rings. The van der Waals surface area contributed by atoms with Crippen LogP contribution in [0.2, 0.25) is 0 Å². The predicted octanol–water partition coefficient (Wildman–Crippen LogP) is 2.44. The summed E-state index contributed by atoms with van der Waals surface area (Å²) in [5, 5.41) is 3.01. The van der Waals surface area contributed by atoms with Crippen LogP contribution in [0.3, 0.4) is 0 Å². The number of anilines is 1. The van der Waals surface area contributed by atoms with E-state index in [1.54, 1.807) is 16.2 Å². The van der Waals surface area contributed by atoms with Crippen LogP contribution in [-0.4, -0.2) is 71.7 Å². The van der Waals surface area contributed by atoms with Crippen molar-refractivity contribution in [1.82, 2.24) is 14.8 Å². The van der Waals surface area contributed by atoms with Gasteiger partial charge in [0.2, 0.25) is 5.91 Å². The molecule has 144 valence electrons. The normalized spacial score (nSPS) is 19.6. The number of carbonyl (C=O) groups excluding carboxylic acids is 2. The summed E-state index contributed by atoms with van der Waals surface area (Å²) in [6, 6.07) is 0. The highest BCUT2D eigenvalue weighted by atomic mass is 32.1. The summed E-state index contributed by atoms with van der Waals surface area (Å²) in [6.07, 6.45) is 2.96. The molecule has 2 aliphatic heterocycles. The lowest BCUT2D eigenvalue weighted by molar-refractivity contribution is -0.137. The van der Waals surface area contributed by atoms with Gasteiger partial charge in [0.15, 0.2) is 5.13 Å². The van der Waals surface area contributed by atoms with Crippen LogP contribution in [0.5, 0.6) is 0 Å². The maximum Gasteiger partial charge on any atom is 0.410 e. The first kappa shape index (κ1) is 18.9. The molecular weight excluding hydrogens is 352 g/mol. The van der Waals surface area contributed by atoms with Gasteiger partial charge in [0.25, 0.3) is 0 Å². The number of piperazine rings is 1. The van der Waals surface area contributed by atoms with Crippen molar-refractivity contribution in [2.24, 2.45) is 5.92 Å². The van der Waals surface area contributed by atoms with Crippen LogP contribution < -0.4 is 4.90 Å². The maximum atomic E-state index is 12.8. The highest BCUT2D eigenvalue weighted by molar-refractivity contribution is 7.13. The van der Waals surface area contributed by atoms with Crippen LogP contribution >= 0.6 is 11.3 Å². The molecular formula is C18H28N4O3S. The molecule has 2 amide bonds. The van der Waals surface area contributed by atoms with Crippen LogP contribution in [0.25, 0.3) is 0 Å². The molecule has 0 saturated carbocycles. The molecule has 3 heterocycles. The van der Waals surface area contributed by atoms with Gasteiger partial charge in [-0.1, -0.05) is 0 Å². The van der Waals surface area contributed by atoms with Crippen LogP contribution in [-0.2, 0) is 9.53 Å². The Labute approximate surface area is 158 Å². The van der Waals surface area contributed by atoms with Crippen LogP contribution in [0.1, 0.15) is 33.6 Å². The van der Waals surface area contributed by atoms with E-state index < -0.39 is 5.60 Å². The Morgan fingerprint density at radius 3 is 2.27 bits per heavy atom. The van der Waals surface area contributed by atoms with Crippen molar-refractivity contribution in [2.45, 2.75) is 39.2 Å². The Morgan fingerprint density at radius 1 is 1.08 bits per heavy atom. The number of rotatable bonds is 2. The van der Waals surface area contributed by atoms with Gasteiger partial charge in [0.05, 0.1) is 0 Å². The highest BCUT2D eigenvalue weighted by Crippen LogP contribution is 2.24. The first-order chi connectivity index (χ1) is 12.3. The first-order valence-electron chi connectivity index (χ1n) is 9.24. The lowest BCUT2D eigenvalue weighted by atomic mass is 9.95. The molecule has 0 N–H and O–H groups in total. The molecule has 0 radical (unpaired) electrons. The van der Waals surface area contributed by atoms with Crippen LogP contribution in [0.15, 0.2) is 11.6 Å². The Kier molecular flexibility index (Phi) is 5.70. The van der Waals surface area contributed by atoms with E-state index in [2.05, 4.69) is 9.88 Å². The SMILES string of the molecule is CC(C)(C)OC(=O)N1CCC(C(=O)N2CCN(c3nccs3)CC2)CC1. The van der Waals surface area contributed by atoms with Gasteiger partial charge in [-0.25, -0.2) is 9.78 Å². The second-order valence-electron chi connectivity index (χ2n) is 7.87. The van der Waals surface area contributed by atoms with Crippen molar-refractivity contribution in [3.8, 4) is 0 Å². The van der Waals surface area contributed by atoms with Crippen molar-refractivity contribution < 1.29 is 14.3 Å². The van der Waals surface area contributed by atoms with E-state index in [-0.39, 0.29) is 17.9 Å². The Balaban J connectivity index is 1.45. The Bertz CT molecular complexity index is 613. The molecule has 2 saturated heterocycles. The van der Waals surface area contributed by atoms with Crippen molar-refractivity contribution in [3.63, 3.8) is 0 Å². The fourth-order valence-corrected chi connectivity index (χ4v) is 4.08. The van der Waals surface area contributed by atoms with E-state index in [9.17, 15) is 9.59 Å². The quantitative estimate of drug-likeness (QED) is 0.788. The summed E-state index contributed by atoms with van der Waals surface area (Å²) in [5.74, 6) is 0.243. The fraction of sp³-hybridized carbons (Fsp3) is 0.722. The molecule has 0 unspecified atom stereocenters. The van der Waals surface area contributed by atoms with E-state index in [0.717, 1.165) is 31.3 Å². The average Bonchev–Trinajstić information content (AvgIpc) is 3.14. The number of aromatic nitrogens is 1. The van der Waals surface area contributed by atoms with Crippen molar-refractivity contribution in [2.75, 3.05) is 44.2 Å². The topological polar surface area (TPSA) is 66.0 Å². The molecule has 0 atom stereocenters. The van der Waals surface area contributed by atoms with Gasteiger partial charge in [0.1, 0.15) is 5.60 Å². The number of thiazole rings is 1. The van der Waals surface area contributed by atoms with E-state index in [0.29, 0.717) is 25.9 Å². The summed E-state index contributed by atoms with van der Waals surface area (Å²) in [5.41, 5.74) is -0.485. The van der Waals surface area contributed by atoms with Gasteiger partial charge >= 0.3 is 6.09 Å². The third-order valence-electron chi connectivity index (χ3n) is 4.78. The van der Waals surface area contributed by atoms with Crippen molar-refractivity contribution >= 4 is 28.5 Å². The standard InChI is InChI=1S/C18H28N4O3S/c1-18(2,3)25-17(24)22-7-4-14(5-8-22)15(23)20-9-11-21(12-10-20)16-19-6-13-26-16/h6,13-14H,4-5,7-12H2,1-3H3. The summed E-state index contributed by atoms with van der Waals surface area (Å²) in [6.45, 7) is 9.92. The van der Waals surface area contributed by atoms with E-state index in [4.69, 9.17) is 4.74 Å². The molecule has 26 heavy (non-hydrogen) atoms. The molecule has 7 nitrogen and oxygen atoms in total. The molecule has 3 rings (SSSR count). The summed E-state index contributed by atoms with van der Waals surface area (Å²) < 4.78 is 5.42. The number of hydrogen-bond donors (Lipinski definition) is 0. The molecule has 0 aliphatic carbocycles. The summed E-state index contributed by atoms with van der Waals surface area (Å²) >= 11 is 1.64. The summed E-state index contributed by atoms with van der Waals surface area (Å²) in [4.78, 5) is 35.2. The van der Waals surface area contributed by atoms with Gasteiger partial charge in [-0.05, 0) is 33.6 Å². The number of ether oxygens (including phenoxy) is 1. The summed E-state index contributed by atoms with van der Waals surface area (Å²) in [7, 11) is 0. The number of piperidine rings is 1. The van der Waals surface area contributed by atoms with Crippen LogP contribution in [0.4, 0.5) is 9.93 Å². The van der Waals surface area contributed by atoms with Gasteiger partial charge in [-0.15, -0.1) is 11.3 Å². The van der Waals surface area contributed by atoms with E-state index in [1.165, 1.54) is 0 Å². The second-order valence-corrected chi connectivity index (χ2v) is 8.74. The molecule has 0 bridgehead atoms. The lowest BCUT2D eigenvalue weighted by Crippen LogP contribution is -2.52. The zero-order valence-electron chi connectivity index (χ0n) is 15.8. The predicted molar refractivity (Wildman–Crippen MR) is 101 cm³/mol. The number of hydrogen-bond acceptors (Lipinski definition) is 6. The molecule has 0 aromatic carbocycles. The minimum absolute atomic E-state index is 0.0140. The van der Waals surface area contributed by atoms with E-state index in [1.807, 2.05) is 37.2 Å². The molecule has 2 fully saturated rings. The van der Waals surface area contributed by atoms with Crippen molar-refractivity contribution in [1.29, 1.82) is 0 Å². The monoisotopic (exact) mass is 380 g/mol. The number of amides is 2. The Morgan fingerprint density at radius 2 is 1.73 bits per heavy atom. The highest BCUT2D eigenvalue weighted by Gasteiger charge is 2.33. The minimum Gasteiger partial charge on any atom is -0.444 e. The molecule has 1 aromatic heterocycles. The van der Waals surface area contributed by atoms with Gasteiger partial charge in [-0.2, -0.15) is 0 Å². The van der Waals surface area contributed by atoms with E-state index >= 15 is 0 Å². The molecule has 0 spiro atoms. The maximum absolute atomic E-state index is 12.8. The van der Waals surface area contributed by atoms with Gasteiger partial charge < -0.3 is 19.4 Å². The zero-order chi connectivity index (χ0) is 18.7. The number of likely N-dealkylation sites (tertiary alicyclic amines) is 1. The smallest absolute Gasteiger partial charge is 0.410 e. The first-order valence-corrected chi connectivity index (χ1v) is 10.1. The zero-order valence-corrected chi connectivity index (χ0v) is 16.6. The fourth-order valence-electron chi connectivity index (χ4n) is 3.38. The molecule has 1 aromatic rings. The Hall–Kier alpha value is -1.83. The third-order valence-corrected chi connectivity index (χ3v) is 5.61. The largest absolute Gasteiger partial charge is 0.444 e. The average molecular weight is 381 g/mol. The van der Waals surface area contributed by atoms with Gasteiger partial charge in [0, 0.05) is 56.8 Å². The third kappa shape index (κ3) is 4.66. The number of carbonyl (C=O) groups is 2. The van der Waals surface area contributed by atoms with Crippen LogP contribution in [0, 0.1) is 5.92 Å². The minimum atomic E-state index is -0.485.